The molecular weight excluding hydrogens is 220 g/mol. The molecule has 1 amide bonds. The molecule has 17 heavy (non-hydrogen) atoms. The maximum atomic E-state index is 11.9. The van der Waals surface area contributed by atoms with Crippen molar-refractivity contribution in [3.8, 4) is 0 Å². The Hall–Kier alpha value is -1.10. The number of carbonyl (C=O) groups excluding carboxylic acids is 2. The smallest absolute Gasteiger partial charge is 0.328 e. The molecule has 5 nitrogen and oxygen atoms in total. The van der Waals surface area contributed by atoms with Crippen molar-refractivity contribution in [3.63, 3.8) is 0 Å². The molecule has 0 aliphatic rings. The number of hydrogen-bond donors (Lipinski definition) is 2. The van der Waals surface area contributed by atoms with E-state index >= 15 is 0 Å². The lowest BCUT2D eigenvalue weighted by Gasteiger charge is -2.25. The monoisotopic (exact) mass is 244 g/mol. The number of nitrogens with one attached hydrogen (secondary N) is 1. The van der Waals surface area contributed by atoms with E-state index in [2.05, 4.69) is 10.1 Å². The minimum absolute atomic E-state index is 0.226. The molecule has 1 atom stereocenters. The van der Waals surface area contributed by atoms with Crippen LogP contribution in [-0.2, 0) is 14.3 Å². The Labute approximate surface area is 103 Å². The zero-order chi connectivity index (χ0) is 13.6. The first-order valence-corrected chi connectivity index (χ1v) is 5.83. The van der Waals surface area contributed by atoms with Crippen LogP contribution in [-0.4, -0.2) is 31.6 Å². The van der Waals surface area contributed by atoms with E-state index in [0.717, 1.165) is 0 Å². The van der Waals surface area contributed by atoms with Crippen molar-refractivity contribution in [1.29, 1.82) is 0 Å². The Bertz CT molecular complexity index is 275. The first-order chi connectivity index (χ1) is 7.74. The zero-order valence-electron chi connectivity index (χ0n) is 11.4. The SMILES string of the molecule is COC(=O)C(CC(C)C)NC(=O)C(C)(C)CN. The molecule has 0 aromatic rings. The van der Waals surface area contributed by atoms with Gasteiger partial charge in [0.15, 0.2) is 0 Å². The minimum atomic E-state index is -0.677. The number of esters is 1. The molecule has 0 aliphatic heterocycles. The van der Waals surface area contributed by atoms with E-state index in [1.165, 1.54) is 7.11 Å². The van der Waals surface area contributed by atoms with Gasteiger partial charge < -0.3 is 15.8 Å². The Morgan fingerprint density at radius 1 is 1.35 bits per heavy atom. The summed E-state index contributed by atoms with van der Waals surface area (Å²) in [6.45, 7) is 7.68. The minimum Gasteiger partial charge on any atom is -0.467 e. The summed E-state index contributed by atoms with van der Waals surface area (Å²) in [5, 5.41) is 2.70. The van der Waals surface area contributed by atoms with Gasteiger partial charge in [0.2, 0.25) is 5.91 Å². The predicted molar refractivity (Wildman–Crippen MR) is 66.2 cm³/mol. The maximum absolute atomic E-state index is 11.9. The second kappa shape index (κ2) is 6.59. The fourth-order valence-electron chi connectivity index (χ4n) is 1.27. The largest absolute Gasteiger partial charge is 0.467 e. The lowest BCUT2D eigenvalue weighted by atomic mass is 9.91. The summed E-state index contributed by atoms with van der Waals surface area (Å²) in [6, 6.07) is -0.599. The molecule has 0 aromatic heterocycles. The summed E-state index contributed by atoms with van der Waals surface area (Å²) >= 11 is 0. The van der Waals surface area contributed by atoms with Crippen LogP contribution < -0.4 is 11.1 Å². The molecule has 0 heterocycles. The van der Waals surface area contributed by atoms with Crippen molar-refractivity contribution < 1.29 is 14.3 Å². The van der Waals surface area contributed by atoms with Gasteiger partial charge in [0.25, 0.3) is 0 Å². The molecule has 0 saturated carbocycles. The van der Waals surface area contributed by atoms with Crippen LogP contribution in [0.25, 0.3) is 0 Å². The number of ether oxygens (including phenoxy) is 1. The molecule has 3 N–H and O–H groups in total. The van der Waals surface area contributed by atoms with E-state index in [1.54, 1.807) is 13.8 Å². The number of amides is 1. The third-order valence-electron chi connectivity index (χ3n) is 2.62. The third kappa shape index (κ3) is 5.17. The average molecular weight is 244 g/mol. The molecule has 0 rings (SSSR count). The maximum Gasteiger partial charge on any atom is 0.328 e. The van der Waals surface area contributed by atoms with Crippen molar-refractivity contribution in [2.75, 3.05) is 13.7 Å². The highest BCUT2D eigenvalue weighted by Gasteiger charge is 2.30. The van der Waals surface area contributed by atoms with Crippen molar-refractivity contribution in [2.24, 2.45) is 17.1 Å². The van der Waals surface area contributed by atoms with Gasteiger partial charge in [-0.2, -0.15) is 0 Å². The Morgan fingerprint density at radius 2 is 1.88 bits per heavy atom. The van der Waals surface area contributed by atoms with Crippen LogP contribution >= 0.6 is 0 Å². The average Bonchev–Trinajstić information content (AvgIpc) is 2.26. The lowest BCUT2D eigenvalue weighted by molar-refractivity contribution is -0.146. The van der Waals surface area contributed by atoms with E-state index in [1.807, 2.05) is 13.8 Å². The number of hydrogen-bond acceptors (Lipinski definition) is 4. The summed E-state index contributed by atoms with van der Waals surface area (Å²) in [5.74, 6) is -0.351. The van der Waals surface area contributed by atoms with Crippen LogP contribution in [0, 0.1) is 11.3 Å². The van der Waals surface area contributed by atoms with E-state index < -0.39 is 17.4 Å². The summed E-state index contributed by atoms with van der Waals surface area (Å²) in [6.07, 6.45) is 0.555. The van der Waals surface area contributed by atoms with Crippen LogP contribution in [0.1, 0.15) is 34.1 Å². The van der Waals surface area contributed by atoms with Crippen molar-refractivity contribution >= 4 is 11.9 Å². The molecule has 1 unspecified atom stereocenters. The van der Waals surface area contributed by atoms with Crippen molar-refractivity contribution in [1.82, 2.24) is 5.32 Å². The highest BCUT2D eigenvalue weighted by Crippen LogP contribution is 2.14. The predicted octanol–water partition coefficient (Wildman–Crippen LogP) is 0.675. The molecule has 0 saturated heterocycles. The molecule has 0 bridgehead atoms. The van der Waals surface area contributed by atoms with Gasteiger partial charge in [0.1, 0.15) is 6.04 Å². The number of nitrogens with two attached hydrogens (primary N) is 1. The van der Waals surface area contributed by atoms with E-state index in [-0.39, 0.29) is 12.5 Å². The second-order valence-corrected chi connectivity index (χ2v) is 5.27. The van der Waals surface area contributed by atoms with Gasteiger partial charge in [-0.3, -0.25) is 4.79 Å². The summed E-state index contributed by atoms with van der Waals surface area (Å²) < 4.78 is 4.68. The standard InChI is InChI=1S/C12H24N2O3/c1-8(2)6-9(10(15)17-5)14-11(16)12(3,4)7-13/h8-9H,6-7,13H2,1-5H3,(H,14,16). The van der Waals surface area contributed by atoms with Gasteiger partial charge in [-0.25, -0.2) is 4.79 Å². The van der Waals surface area contributed by atoms with Crippen LogP contribution in [0.15, 0.2) is 0 Å². The van der Waals surface area contributed by atoms with Crippen molar-refractivity contribution in [2.45, 2.75) is 40.2 Å². The fourth-order valence-corrected chi connectivity index (χ4v) is 1.27. The molecule has 0 fully saturated rings. The van der Waals surface area contributed by atoms with Gasteiger partial charge in [-0.1, -0.05) is 13.8 Å². The summed E-state index contributed by atoms with van der Waals surface area (Å²) in [4.78, 5) is 23.4. The van der Waals surface area contributed by atoms with Gasteiger partial charge in [-0.15, -0.1) is 0 Å². The van der Waals surface area contributed by atoms with Gasteiger partial charge in [0.05, 0.1) is 12.5 Å². The molecule has 100 valence electrons. The van der Waals surface area contributed by atoms with E-state index in [4.69, 9.17) is 5.73 Å². The fraction of sp³-hybridized carbons (Fsp3) is 0.833. The Morgan fingerprint density at radius 3 is 2.24 bits per heavy atom. The molecular formula is C12H24N2O3. The highest BCUT2D eigenvalue weighted by atomic mass is 16.5. The summed E-state index contributed by atoms with van der Waals surface area (Å²) in [5.41, 5.74) is 4.84. The zero-order valence-corrected chi connectivity index (χ0v) is 11.4. The van der Waals surface area contributed by atoms with E-state index in [9.17, 15) is 9.59 Å². The van der Waals surface area contributed by atoms with Crippen LogP contribution in [0.2, 0.25) is 0 Å². The van der Waals surface area contributed by atoms with E-state index in [0.29, 0.717) is 12.3 Å². The first-order valence-electron chi connectivity index (χ1n) is 5.83. The summed E-state index contributed by atoms with van der Waals surface area (Å²) in [7, 11) is 1.32. The topological polar surface area (TPSA) is 81.4 Å². The van der Waals surface area contributed by atoms with Crippen LogP contribution in [0.3, 0.4) is 0 Å². The lowest BCUT2D eigenvalue weighted by Crippen LogP contribution is -2.49. The normalized spacial score (nSPS) is 13.4. The van der Waals surface area contributed by atoms with Crippen LogP contribution in [0.4, 0.5) is 0 Å². The third-order valence-corrected chi connectivity index (χ3v) is 2.62. The molecule has 0 spiro atoms. The molecule has 0 aliphatic carbocycles. The van der Waals surface area contributed by atoms with Gasteiger partial charge in [-0.05, 0) is 26.2 Å². The molecule has 0 aromatic carbocycles. The van der Waals surface area contributed by atoms with Crippen LogP contribution in [0.5, 0.6) is 0 Å². The highest BCUT2D eigenvalue weighted by molar-refractivity contribution is 5.87. The Balaban J connectivity index is 4.64. The van der Waals surface area contributed by atoms with Crippen molar-refractivity contribution in [3.05, 3.63) is 0 Å². The Kier molecular flexibility index (Phi) is 6.16. The molecule has 5 heteroatoms. The van der Waals surface area contributed by atoms with Gasteiger partial charge >= 0.3 is 5.97 Å². The molecule has 0 radical (unpaired) electrons. The second-order valence-electron chi connectivity index (χ2n) is 5.27. The quantitative estimate of drug-likeness (QED) is 0.673. The first kappa shape index (κ1) is 15.9. The number of rotatable bonds is 6. The van der Waals surface area contributed by atoms with Gasteiger partial charge in [0, 0.05) is 6.54 Å². The number of methoxy groups -OCH3 is 1. The number of carbonyl (C=O) groups is 2.